The molecule has 4 N–H and O–H groups in total. The van der Waals surface area contributed by atoms with Crippen LogP contribution in [-0.2, 0) is 25.8 Å². The van der Waals surface area contributed by atoms with Gasteiger partial charge in [0, 0.05) is 35.4 Å². The third-order valence-electron chi connectivity index (χ3n) is 6.02. The summed E-state index contributed by atoms with van der Waals surface area (Å²) < 4.78 is 3.85. The van der Waals surface area contributed by atoms with Crippen molar-refractivity contribution < 1.29 is 28.9 Å². The number of carboxylic acid groups (broad SMARTS) is 1. The third kappa shape index (κ3) is 4.29. The van der Waals surface area contributed by atoms with E-state index in [0.29, 0.717) is 11.3 Å². The molecule has 0 spiro atoms. The van der Waals surface area contributed by atoms with Gasteiger partial charge in [-0.05, 0) is 6.92 Å². The highest BCUT2D eigenvalue weighted by atomic mass is 32.2. The molecule has 5 heterocycles. The van der Waals surface area contributed by atoms with Gasteiger partial charge >= 0.3 is 5.97 Å². The van der Waals surface area contributed by atoms with Gasteiger partial charge in [0.2, 0.25) is 0 Å². The van der Waals surface area contributed by atoms with Gasteiger partial charge in [-0.1, -0.05) is 5.16 Å². The Bertz CT molecular complexity index is 1510. The fourth-order valence-electron chi connectivity index (χ4n) is 4.44. The summed E-state index contributed by atoms with van der Waals surface area (Å²) in [6.07, 6.45) is 3.72. The number of oxime groups is 1. The SMILES string of the molecule is CO/N=C(\C(=O)N[C@@H]1C(=O)N2C(C(=O)O)=C(C[n+]3ccn4c(C)nc(C)cc43)CS[C@@H]12)c1csc(N)n1. The summed E-state index contributed by atoms with van der Waals surface area (Å²) in [5, 5.41) is 17.6. The summed E-state index contributed by atoms with van der Waals surface area (Å²) in [6, 6.07) is 0.994. The molecule has 0 aliphatic carbocycles. The van der Waals surface area contributed by atoms with E-state index in [0.717, 1.165) is 28.5 Å². The van der Waals surface area contributed by atoms with Crippen molar-refractivity contribution in [2.45, 2.75) is 31.8 Å². The van der Waals surface area contributed by atoms with E-state index in [4.69, 9.17) is 10.6 Å². The van der Waals surface area contributed by atoms with Gasteiger partial charge in [0.05, 0.1) is 0 Å². The number of nitrogens with one attached hydrogen (secondary N) is 1. The Labute approximate surface area is 218 Å². The van der Waals surface area contributed by atoms with E-state index in [1.165, 1.54) is 23.8 Å². The number of imidazole rings is 1. The van der Waals surface area contributed by atoms with E-state index in [9.17, 15) is 19.5 Å². The Kier molecular flexibility index (Phi) is 6.33. The van der Waals surface area contributed by atoms with Crippen molar-refractivity contribution in [3.8, 4) is 0 Å². The van der Waals surface area contributed by atoms with E-state index in [1.54, 1.807) is 5.38 Å². The second-order valence-electron chi connectivity index (χ2n) is 8.41. The van der Waals surface area contributed by atoms with Crippen LogP contribution in [0.1, 0.15) is 17.2 Å². The predicted molar refractivity (Wildman–Crippen MR) is 135 cm³/mol. The van der Waals surface area contributed by atoms with Crippen molar-refractivity contribution >= 4 is 57.4 Å². The number of aliphatic carboxylic acids is 1. The number of nitrogens with zero attached hydrogens (tertiary/aromatic N) is 6. The first-order valence-electron chi connectivity index (χ1n) is 11.1. The Morgan fingerprint density at radius 2 is 2.16 bits per heavy atom. The summed E-state index contributed by atoms with van der Waals surface area (Å²) in [6.45, 7) is 4.08. The molecule has 0 unspecified atom stereocenters. The highest BCUT2D eigenvalue weighted by molar-refractivity contribution is 8.00. The first-order valence-corrected chi connectivity index (χ1v) is 13.0. The zero-order valence-electron chi connectivity index (χ0n) is 20.0. The Morgan fingerprint density at radius 1 is 1.38 bits per heavy atom. The highest BCUT2D eigenvalue weighted by Gasteiger charge is 2.54. The number of amides is 2. The number of aryl methyl sites for hydroxylation is 2. The number of hydrogen-bond donors (Lipinski definition) is 3. The molecule has 0 aromatic carbocycles. The molecule has 1 fully saturated rings. The lowest BCUT2D eigenvalue weighted by atomic mass is 10.0. The molecule has 15 heteroatoms. The molecular formula is C22H23N8O5S2+. The average Bonchev–Trinajstić information content (AvgIpc) is 3.46. The number of hydrogen-bond acceptors (Lipinski definition) is 10. The molecule has 0 bridgehead atoms. The zero-order valence-corrected chi connectivity index (χ0v) is 21.7. The monoisotopic (exact) mass is 543 g/mol. The van der Waals surface area contributed by atoms with Crippen LogP contribution >= 0.6 is 23.1 Å². The molecule has 0 radical (unpaired) electrons. The van der Waals surface area contributed by atoms with Gasteiger partial charge in [0.15, 0.2) is 16.7 Å². The maximum Gasteiger partial charge on any atom is 0.352 e. The number of thiazole rings is 1. The number of carbonyl (C=O) groups excluding carboxylic acids is 2. The number of nitrogen functional groups attached to an aromatic ring is 1. The standard InChI is InChI=1S/C22H22N8O5S2/c1-10-6-14-28(4-5-29(14)11(2)24-10)7-12-8-36-20-16(19(32)30(20)17(12)21(33)34)26-18(31)15(27-35-3)13-9-37-22(23)25-13/h4-6,9,16,20H,7-8H2,1-3H3,(H3-,23,25,26,31,33,34)/p+1/b27-15-/t16-,20+/m1/s1. The lowest BCUT2D eigenvalue weighted by Gasteiger charge is -2.49. The zero-order chi connectivity index (χ0) is 26.4. The minimum absolute atomic E-state index is 0.0633. The Balaban J connectivity index is 1.39. The van der Waals surface area contributed by atoms with Crippen LogP contribution in [0.4, 0.5) is 5.13 Å². The van der Waals surface area contributed by atoms with Crippen molar-refractivity contribution in [2.24, 2.45) is 5.16 Å². The molecule has 37 heavy (non-hydrogen) atoms. The number of carboxylic acids is 1. The van der Waals surface area contributed by atoms with E-state index in [1.807, 2.05) is 41.3 Å². The van der Waals surface area contributed by atoms with E-state index < -0.39 is 29.2 Å². The summed E-state index contributed by atoms with van der Waals surface area (Å²) in [5.41, 5.74) is 7.98. The van der Waals surface area contributed by atoms with Crippen LogP contribution < -0.4 is 15.6 Å². The fourth-order valence-corrected chi connectivity index (χ4v) is 6.32. The number of β-lactam (4-membered cyclic amide) rings is 1. The molecule has 1 saturated heterocycles. The lowest BCUT2D eigenvalue weighted by molar-refractivity contribution is -0.662. The summed E-state index contributed by atoms with van der Waals surface area (Å²) >= 11 is 2.52. The quantitative estimate of drug-likeness (QED) is 0.162. The third-order valence-corrected chi connectivity index (χ3v) is 8.03. The van der Waals surface area contributed by atoms with Crippen LogP contribution in [-0.4, -0.2) is 72.1 Å². The van der Waals surface area contributed by atoms with Crippen molar-refractivity contribution in [2.75, 3.05) is 18.6 Å². The summed E-state index contributed by atoms with van der Waals surface area (Å²) in [4.78, 5) is 52.8. The van der Waals surface area contributed by atoms with Crippen molar-refractivity contribution in [1.29, 1.82) is 0 Å². The highest BCUT2D eigenvalue weighted by Crippen LogP contribution is 2.40. The van der Waals surface area contributed by atoms with E-state index in [2.05, 4.69) is 20.4 Å². The number of thioether (sulfide) groups is 1. The van der Waals surface area contributed by atoms with E-state index in [-0.39, 0.29) is 28.8 Å². The number of anilines is 1. The molecule has 2 atom stereocenters. The topological polar surface area (TPSA) is 168 Å². The number of fused-ring (bicyclic) bond motifs is 2. The predicted octanol–water partition coefficient (Wildman–Crippen LogP) is 0.0666. The molecule has 13 nitrogen and oxygen atoms in total. The van der Waals surface area contributed by atoms with Gasteiger partial charge in [-0.3, -0.25) is 14.5 Å². The molecule has 192 valence electrons. The van der Waals surface area contributed by atoms with Crippen LogP contribution in [0.15, 0.2) is 40.3 Å². The fraction of sp³-hybridized carbons (Fsp3) is 0.318. The largest absolute Gasteiger partial charge is 0.477 e. The van der Waals surface area contributed by atoms with E-state index >= 15 is 0 Å². The second kappa shape index (κ2) is 9.48. The molecule has 3 aromatic heterocycles. The first-order chi connectivity index (χ1) is 17.7. The number of nitrogens with two attached hydrogens (primary N) is 1. The number of carbonyl (C=O) groups is 3. The van der Waals surface area contributed by atoms with Crippen molar-refractivity contribution in [1.82, 2.24) is 24.6 Å². The van der Waals surface area contributed by atoms with Crippen LogP contribution in [0.5, 0.6) is 0 Å². The minimum Gasteiger partial charge on any atom is -0.477 e. The molecule has 2 aliphatic heterocycles. The first kappa shape index (κ1) is 24.7. The van der Waals surface area contributed by atoms with Crippen LogP contribution in [0, 0.1) is 13.8 Å². The Morgan fingerprint density at radius 3 is 2.84 bits per heavy atom. The molecule has 5 rings (SSSR count). The summed E-state index contributed by atoms with van der Waals surface area (Å²) in [7, 11) is 1.29. The van der Waals surface area contributed by atoms with Gasteiger partial charge in [0.25, 0.3) is 17.5 Å². The molecule has 3 aromatic rings. The van der Waals surface area contributed by atoms with Crippen molar-refractivity contribution in [3.05, 3.63) is 52.3 Å². The minimum atomic E-state index is -1.20. The number of aromatic nitrogens is 4. The normalized spacial score (nSPS) is 19.6. The average molecular weight is 544 g/mol. The van der Waals surface area contributed by atoms with Crippen LogP contribution in [0.3, 0.4) is 0 Å². The maximum absolute atomic E-state index is 13.1. The second-order valence-corrected chi connectivity index (χ2v) is 10.4. The number of rotatable bonds is 7. The van der Waals surface area contributed by atoms with Crippen LogP contribution in [0.25, 0.3) is 5.65 Å². The summed E-state index contributed by atoms with van der Waals surface area (Å²) in [5.74, 6) is -1.20. The van der Waals surface area contributed by atoms with Gasteiger partial charge in [0.1, 0.15) is 48.9 Å². The Hall–Kier alpha value is -3.98. The smallest absolute Gasteiger partial charge is 0.352 e. The molecule has 0 saturated carbocycles. The van der Waals surface area contributed by atoms with Gasteiger partial charge in [-0.15, -0.1) is 23.1 Å². The van der Waals surface area contributed by atoms with Crippen LogP contribution in [0.2, 0.25) is 0 Å². The molecular weight excluding hydrogens is 520 g/mol. The molecule has 2 amide bonds. The van der Waals surface area contributed by atoms with Gasteiger partial charge in [-0.25, -0.2) is 19.3 Å². The molecule has 2 aliphatic rings. The maximum atomic E-state index is 13.1. The van der Waals surface area contributed by atoms with Crippen molar-refractivity contribution in [3.63, 3.8) is 0 Å². The van der Waals surface area contributed by atoms with Gasteiger partial charge < -0.3 is 21.0 Å². The lowest BCUT2D eigenvalue weighted by Crippen LogP contribution is -2.71. The van der Waals surface area contributed by atoms with Gasteiger partial charge in [-0.2, -0.15) is 4.40 Å².